The zero-order chi connectivity index (χ0) is 19.8. The molecule has 1 aliphatic heterocycles. The van der Waals surface area contributed by atoms with Gasteiger partial charge >= 0.3 is 6.18 Å². The van der Waals surface area contributed by atoms with Crippen LogP contribution in [0.2, 0.25) is 0 Å². The lowest BCUT2D eigenvalue weighted by Gasteiger charge is -2.27. The number of nitrogens with zero attached hydrogens (tertiary/aromatic N) is 2. The molecule has 2 aromatic rings. The minimum absolute atomic E-state index is 0.0333. The highest BCUT2D eigenvalue weighted by Crippen LogP contribution is 2.37. The Morgan fingerprint density at radius 2 is 2.00 bits per heavy atom. The van der Waals surface area contributed by atoms with Gasteiger partial charge in [-0.2, -0.15) is 18.2 Å². The number of rotatable bonds is 4. The van der Waals surface area contributed by atoms with Gasteiger partial charge in [-0.15, -0.1) is 6.58 Å². The Morgan fingerprint density at radius 1 is 1.33 bits per heavy atom. The van der Waals surface area contributed by atoms with Crippen LogP contribution in [0.1, 0.15) is 29.0 Å². The Hall–Kier alpha value is -2.55. The van der Waals surface area contributed by atoms with E-state index in [1.54, 1.807) is 17.7 Å². The van der Waals surface area contributed by atoms with Gasteiger partial charge in [0.1, 0.15) is 5.82 Å². The Bertz CT molecular complexity index is 952. The maximum Gasteiger partial charge on any atom is 0.416 e. The SMILES string of the molecule is C=CCSc1nc(=O)c2c(n1C)NC(=O)C[C@H]2c1ccc(C(F)(F)F)cc1. The number of hydrogen-bond donors (Lipinski definition) is 1. The van der Waals surface area contributed by atoms with Crippen molar-refractivity contribution in [2.45, 2.75) is 23.7 Å². The summed E-state index contributed by atoms with van der Waals surface area (Å²) in [5.74, 6) is -0.105. The summed E-state index contributed by atoms with van der Waals surface area (Å²) in [4.78, 5) is 28.9. The number of hydrogen-bond acceptors (Lipinski definition) is 4. The summed E-state index contributed by atoms with van der Waals surface area (Å²) in [6.45, 7) is 3.62. The quantitative estimate of drug-likeness (QED) is 0.489. The van der Waals surface area contributed by atoms with Crippen LogP contribution in [-0.4, -0.2) is 21.2 Å². The summed E-state index contributed by atoms with van der Waals surface area (Å²) in [6.07, 6.45) is -2.82. The van der Waals surface area contributed by atoms with E-state index in [9.17, 15) is 22.8 Å². The molecule has 1 atom stereocenters. The van der Waals surface area contributed by atoms with Crippen LogP contribution in [0.5, 0.6) is 0 Å². The van der Waals surface area contributed by atoms with Gasteiger partial charge < -0.3 is 9.88 Å². The molecule has 0 aliphatic carbocycles. The molecule has 0 radical (unpaired) electrons. The first-order chi connectivity index (χ1) is 12.7. The first-order valence-electron chi connectivity index (χ1n) is 8.04. The Labute approximate surface area is 157 Å². The highest BCUT2D eigenvalue weighted by Gasteiger charge is 2.34. The average Bonchev–Trinajstić information content (AvgIpc) is 2.62. The minimum atomic E-state index is -4.45. The highest BCUT2D eigenvalue weighted by atomic mass is 32.2. The van der Waals surface area contributed by atoms with Crippen LogP contribution < -0.4 is 10.9 Å². The van der Waals surface area contributed by atoms with Crippen LogP contribution >= 0.6 is 11.8 Å². The lowest BCUT2D eigenvalue weighted by Crippen LogP contribution is -2.33. The summed E-state index contributed by atoms with van der Waals surface area (Å²) in [7, 11) is 1.67. The molecule has 1 N–H and O–H groups in total. The number of alkyl halides is 3. The van der Waals surface area contributed by atoms with E-state index < -0.39 is 23.2 Å². The molecule has 0 saturated carbocycles. The highest BCUT2D eigenvalue weighted by molar-refractivity contribution is 7.99. The Kier molecular flexibility index (Phi) is 5.14. The first-order valence-corrected chi connectivity index (χ1v) is 9.02. The second kappa shape index (κ2) is 7.22. The fourth-order valence-electron chi connectivity index (χ4n) is 2.99. The van der Waals surface area contributed by atoms with Crippen molar-refractivity contribution < 1.29 is 18.0 Å². The molecule has 0 saturated heterocycles. The number of benzene rings is 1. The third-order valence-corrected chi connectivity index (χ3v) is 5.30. The molecular formula is C18H16F3N3O2S. The molecule has 1 aromatic heterocycles. The number of thioether (sulfide) groups is 1. The van der Waals surface area contributed by atoms with Crippen molar-refractivity contribution in [3.8, 4) is 0 Å². The van der Waals surface area contributed by atoms with E-state index in [4.69, 9.17) is 0 Å². The maximum absolute atomic E-state index is 12.8. The monoisotopic (exact) mass is 395 g/mol. The van der Waals surface area contributed by atoms with Gasteiger partial charge in [-0.05, 0) is 17.7 Å². The van der Waals surface area contributed by atoms with Crippen LogP contribution in [0.15, 0.2) is 46.9 Å². The van der Waals surface area contributed by atoms with Crippen molar-refractivity contribution in [1.29, 1.82) is 0 Å². The van der Waals surface area contributed by atoms with Crippen molar-refractivity contribution in [3.05, 3.63) is 64.0 Å². The van der Waals surface area contributed by atoms with E-state index in [0.29, 0.717) is 22.3 Å². The number of aromatic nitrogens is 2. The minimum Gasteiger partial charge on any atom is -0.312 e. The lowest BCUT2D eigenvalue weighted by molar-refractivity contribution is -0.137. The summed E-state index contributed by atoms with van der Waals surface area (Å²) in [5, 5.41) is 3.11. The summed E-state index contributed by atoms with van der Waals surface area (Å²) in [6, 6.07) is 4.51. The third kappa shape index (κ3) is 3.78. The van der Waals surface area contributed by atoms with E-state index in [2.05, 4.69) is 16.9 Å². The average molecular weight is 395 g/mol. The number of carbonyl (C=O) groups is 1. The molecule has 142 valence electrons. The predicted molar refractivity (Wildman–Crippen MR) is 96.9 cm³/mol. The van der Waals surface area contributed by atoms with Gasteiger partial charge in [0, 0.05) is 25.1 Å². The molecule has 9 heteroatoms. The van der Waals surface area contributed by atoms with Crippen LogP contribution in [0.25, 0.3) is 0 Å². The van der Waals surface area contributed by atoms with E-state index in [1.807, 2.05) is 0 Å². The molecule has 1 aromatic carbocycles. The van der Waals surface area contributed by atoms with Gasteiger partial charge in [0.15, 0.2) is 5.16 Å². The molecule has 0 unspecified atom stereocenters. The van der Waals surface area contributed by atoms with Crippen LogP contribution in [0.4, 0.5) is 19.0 Å². The molecule has 0 spiro atoms. The molecule has 1 aliphatic rings. The summed E-state index contributed by atoms with van der Waals surface area (Å²) >= 11 is 1.29. The van der Waals surface area contributed by atoms with Crippen molar-refractivity contribution in [2.75, 3.05) is 11.1 Å². The summed E-state index contributed by atoms with van der Waals surface area (Å²) < 4.78 is 40.0. The van der Waals surface area contributed by atoms with E-state index in [0.717, 1.165) is 12.1 Å². The third-order valence-electron chi connectivity index (χ3n) is 4.27. The smallest absolute Gasteiger partial charge is 0.312 e. The predicted octanol–water partition coefficient (Wildman–Crippen LogP) is 3.55. The van der Waals surface area contributed by atoms with E-state index in [-0.39, 0.29) is 17.9 Å². The van der Waals surface area contributed by atoms with Gasteiger partial charge in [-0.25, -0.2) is 0 Å². The number of carbonyl (C=O) groups excluding carboxylic acids is 1. The number of nitrogens with one attached hydrogen (secondary N) is 1. The molecule has 0 bridgehead atoms. The zero-order valence-electron chi connectivity index (χ0n) is 14.3. The molecule has 27 heavy (non-hydrogen) atoms. The fourth-order valence-corrected chi connectivity index (χ4v) is 3.69. The summed E-state index contributed by atoms with van der Waals surface area (Å²) in [5.41, 5.74) is -0.544. The van der Waals surface area contributed by atoms with Crippen molar-refractivity contribution in [2.24, 2.45) is 7.05 Å². The molecule has 5 nitrogen and oxygen atoms in total. The van der Waals surface area contributed by atoms with E-state index >= 15 is 0 Å². The first kappa shape index (κ1) is 19.2. The van der Waals surface area contributed by atoms with Crippen molar-refractivity contribution >= 4 is 23.5 Å². The van der Waals surface area contributed by atoms with E-state index in [1.165, 1.54) is 23.9 Å². The normalized spacial score (nSPS) is 16.6. The fraction of sp³-hybridized carbons (Fsp3) is 0.278. The van der Waals surface area contributed by atoms with Gasteiger partial charge in [-0.1, -0.05) is 30.0 Å². The van der Waals surface area contributed by atoms with Gasteiger partial charge in [0.25, 0.3) is 5.56 Å². The Balaban J connectivity index is 2.08. The number of anilines is 1. The second-order valence-corrected chi connectivity index (χ2v) is 7.03. The lowest BCUT2D eigenvalue weighted by atomic mass is 9.86. The van der Waals surface area contributed by atoms with Crippen molar-refractivity contribution in [3.63, 3.8) is 0 Å². The number of fused-ring (bicyclic) bond motifs is 1. The number of halogens is 3. The van der Waals surface area contributed by atoms with Crippen LogP contribution in [-0.2, 0) is 18.0 Å². The molecule has 2 heterocycles. The topological polar surface area (TPSA) is 64.0 Å². The second-order valence-electron chi connectivity index (χ2n) is 6.05. The van der Waals surface area contributed by atoms with Gasteiger partial charge in [-0.3, -0.25) is 9.59 Å². The standard InChI is InChI=1S/C18H16F3N3O2S/c1-3-8-27-17-23-16(26)14-12(9-13(25)22-15(14)24(17)2)10-4-6-11(7-5-10)18(19,20)21/h3-7,12H,1,8-9H2,2H3,(H,22,25)/t12-/m0/s1. The molecule has 1 amide bonds. The number of amides is 1. The molecule has 3 rings (SSSR count). The molecule has 0 fully saturated rings. The molecular weight excluding hydrogens is 379 g/mol. The van der Waals surface area contributed by atoms with Gasteiger partial charge in [0.05, 0.1) is 11.1 Å². The maximum atomic E-state index is 12.8. The van der Waals surface area contributed by atoms with Crippen molar-refractivity contribution in [1.82, 2.24) is 9.55 Å². The largest absolute Gasteiger partial charge is 0.416 e. The Morgan fingerprint density at radius 3 is 2.59 bits per heavy atom. The van der Waals surface area contributed by atoms with Gasteiger partial charge in [0.2, 0.25) is 5.91 Å². The zero-order valence-corrected chi connectivity index (χ0v) is 15.2. The van der Waals surface area contributed by atoms with Crippen LogP contribution in [0, 0.1) is 0 Å². The van der Waals surface area contributed by atoms with Crippen LogP contribution in [0.3, 0.4) is 0 Å².